The second-order valence-electron chi connectivity index (χ2n) is 6.69. The molecule has 0 spiro atoms. The average molecular weight is 458 g/mol. The van der Waals surface area contributed by atoms with Crippen molar-refractivity contribution in [2.75, 3.05) is 7.11 Å². The van der Waals surface area contributed by atoms with Crippen LogP contribution in [0.2, 0.25) is 5.02 Å². The summed E-state index contributed by atoms with van der Waals surface area (Å²) in [6.07, 6.45) is 0. The summed E-state index contributed by atoms with van der Waals surface area (Å²) in [5.74, 6) is -0.149. The zero-order valence-corrected chi connectivity index (χ0v) is 17.9. The molecule has 6 nitrogen and oxygen atoms in total. The van der Waals surface area contributed by atoms with Crippen molar-refractivity contribution in [1.29, 1.82) is 0 Å². The Bertz CT molecular complexity index is 1370. The molecule has 0 aliphatic carbocycles. The fourth-order valence-electron chi connectivity index (χ4n) is 3.23. The number of hydrogen-bond donors (Lipinski definition) is 1. The molecule has 158 valence electrons. The van der Waals surface area contributed by atoms with Crippen molar-refractivity contribution in [2.45, 2.75) is 4.90 Å². The van der Waals surface area contributed by atoms with Crippen LogP contribution in [-0.2, 0) is 10.0 Å². The van der Waals surface area contributed by atoms with E-state index in [4.69, 9.17) is 21.5 Å². The highest BCUT2D eigenvalue weighted by Crippen LogP contribution is 2.33. The van der Waals surface area contributed by atoms with Crippen molar-refractivity contribution in [1.82, 2.24) is 9.78 Å². The molecule has 0 fully saturated rings. The average Bonchev–Trinajstić information content (AvgIpc) is 3.18. The summed E-state index contributed by atoms with van der Waals surface area (Å²) in [5, 5.41) is 10.5. The number of nitrogens with two attached hydrogens (primary N) is 1. The van der Waals surface area contributed by atoms with Crippen LogP contribution in [0.1, 0.15) is 0 Å². The molecule has 4 rings (SSSR count). The highest BCUT2D eigenvalue weighted by Gasteiger charge is 2.21. The summed E-state index contributed by atoms with van der Waals surface area (Å²) in [6, 6.07) is 19.3. The van der Waals surface area contributed by atoms with E-state index >= 15 is 0 Å². The molecule has 0 atom stereocenters. The highest BCUT2D eigenvalue weighted by molar-refractivity contribution is 7.89. The molecule has 2 N–H and O–H groups in total. The van der Waals surface area contributed by atoms with Crippen LogP contribution >= 0.6 is 11.6 Å². The lowest BCUT2D eigenvalue weighted by atomic mass is 10.1. The Hall–Kier alpha value is -3.20. The second-order valence-corrected chi connectivity index (χ2v) is 8.66. The maximum absolute atomic E-state index is 14.7. The molecular formula is C22H17ClFN3O3S. The van der Waals surface area contributed by atoms with E-state index in [0.717, 1.165) is 0 Å². The van der Waals surface area contributed by atoms with Gasteiger partial charge < -0.3 is 4.74 Å². The Morgan fingerprint density at radius 1 is 1.03 bits per heavy atom. The van der Waals surface area contributed by atoms with Crippen LogP contribution in [-0.4, -0.2) is 25.3 Å². The number of rotatable bonds is 5. The minimum atomic E-state index is -4.03. The molecule has 0 saturated carbocycles. The zero-order chi connectivity index (χ0) is 22.2. The van der Waals surface area contributed by atoms with Crippen LogP contribution in [0.5, 0.6) is 5.75 Å². The van der Waals surface area contributed by atoms with E-state index in [2.05, 4.69) is 5.10 Å². The van der Waals surface area contributed by atoms with Gasteiger partial charge in [-0.05, 0) is 42.5 Å². The molecule has 0 aliphatic heterocycles. The summed E-state index contributed by atoms with van der Waals surface area (Å²) in [6.45, 7) is 0. The first-order valence-corrected chi connectivity index (χ1v) is 11.0. The van der Waals surface area contributed by atoms with Crippen LogP contribution in [0.4, 0.5) is 4.39 Å². The number of sulfonamides is 1. The molecule has 3 aromatic carbocycles. The lowest BCUT2D eigenvalue weighted by Crippen LogP contribution is -2.16. The number of halogens is 2. The number of hydrogen-bond acceptors (Lipinski definition) is 4. The topological polar surface area (TPSA) is 87.2 Å². The molecule has 31 heavy (non-hydrogen) atoms. The van der Waals surface area contributed by atoms with Crippen LogP contribution in [0.25, 0.3) is 28.2 Å². The SMILES string of the molecule is COc1ccc(-c2cc(-c3ccc(Cl)cc3)n(-c3ccccc3S(N)(=O)=O)n2)c(F)c1. The van der Waals surface area contributed by atoms with E-state index in [0.29, 0.717) is 27.7 Å². The van der Waals surface area contributed by atoms with Gasteiger partial charge in [0.25, 0.3) is 0 Å². The van der Waals surface area contributed by atoms with Crippen molar-refractivity contribution in [3.05, 3.63) is 83.6 Å². The molecule has 9 heteroatoms. The van der Waals surface area contributed by atoms with E-state index < -0.39 is 15.8 Å². The van der Waals surface area contributed by atoms with Crippen molar-refractivity contribution < 1.29 is 17.5 Å². The van der Waals surface area contributed by atoms with Crippen molar-refractivity contribution in [3.63, 3.8) is 0 Å². The van der Waals surface area contributed by atoms with Gasteiger partial charge >= 0.3 is 0 Å². The van der Waals surface area contributed by atoms with Crippen molar-refractivity contribution in [2.24, 2.45) is 5.14 Å². The van der Waals surface area contributed by atoms with E-state index in [1.54, 1.807) is 60.7 Å². The molecule has 0 saturated heterocycles. The predicted octanol–water partition coefficient (Wildman–Crippen LogP) is 4.65. The molecule has 1 heterocycles. The van der Waals surface area contributed by atoms with Crippen LogP contribution < -0.4 is 9.88 Å². The normalized spacial score (nSPS) is 11.5. The lowest BCUT2D eigenvalue weighted by molar-refractivity contribution is 0.411. The van der Waals surface area contributed by atoms with E-state index in [1.807, 2.05) is 0 Å². The quantitative estimate of drug-likeness (QED) is 0.472. The fraction of sp³-hybridized carbons (Fsp3) is 0.0455. The Morgan fingerprint density at radius 3 is 2.39 bits per heavy atom. The Kier molecular flexibility index (Phi) is 5.53. The van der Waals surface area contributed by atoms with Gasteiger partial charge in [0.15, 0.2) is 0 Å². The molecule has 0 radical (unpaired) electrons. The van der Waals surface area contributed by atoms with E-state index in [1.165, 1.54) is 23.9 Å². The Balaban J connectivity index is 1.98. The monoisotopic (exact) mass is 457 g/mol. The maximum atomic E-state index is 14.7. The minimum Gasteiger partial charge on any atom is -0.497 e. The number of para-hydroxylation sites is 1. The van der Waals surface area contributed by atoms with Gasteiger partial charge in [-0.1, -0.05) is 35.9 Å². The standard InChI is InChI=1S/C22H17ClFN3O3S/c1-30-16-10-11-17(18(24)12-16)19-13-21(14-6-8-15(23)9-7-14)27(26-19)20-4-2-3-5-22(20)31(25,28)29/h2-13H,1H3,(H2,25,28,29). The van der Waals surface area contributed by atoms with Crippen LogP contribution in [0, 0.1) is 5.82 Å². The van der Waals surface area contributed by atoms with Gasteiger partial charge in [0, 0.05) is 22.2 Å². The highest BCUT2D eigenvalue weighted by atomic mass is 35.5. The van der Waals surface area contributed by atoms with E-state index in [9.17, 15) is 12.8 Å². The van der Waals surface area contributed by atoms with Crippen molar-refractivity contribution >= 4 is 21.6 Å². The summed E-state index contributed by atoms with van der Waals surface area (Å²) in [4.78, 5) is -0.102. The van der Waals surface area contributed by atoms with Gasteiger partial charge in [-0.2, -0.15) is 5.10 Å². The fourth-order valence-corrected chi connectivity index (χ4v) is 4.07. The first-order valence-electron chi connectivity index (χ1n) is 9.10. The van der Waals surface area contributed by atoms with Gasteiger partial charge in [0.2, 0.25) is 10.0 Å². The van der Waals surface area contributed by atoms with Gasteiger partial charge in [-0.3, -0.25) is 0 Å². The number of nitrogens with zero attached hydrogens (tertiary/aromatic N) is 2. The smallest absolute Gasteiger partial charge is 0.240 e. The number of aromatic nitrogens is 2. The molecule has 0 aliphatic rings. The number of methoxy groups -OCH3 is 1. The van der Waals surface area contributed by atoms with Gasteiger partial charge in [-0.25, -0.2) is 22.6 Å². The van der Waals surface area contributed by atoms with Gasteiger partial charge in [-0.15, -0.1) is 0 Å². The van der Waals surface area contributed by atoms with Gasteiger partial charge in [0.05, 0.1) is 24.2 Å². The number of ether oxygens (including phenoxy) is 1. The third-order valence-corrected chi connectivity index (χ3v) is 5.91. The molecule has 0 unspecified atom stereocenters. The molecule has 0 amide bonds. The second kappa shape index (κ2) is 8.14. The van der Waals surface area contributed by atoms with E-state index in [-0.39, 0.29) is 16.1 Å². The summed E-state index contributed by atoms with van der Waals surface area (Å²) >= 11 is 6.01. The zero-order valence-electron chi connectivity index (χ0n) is 16.3. The summed E-state index contributed by atoms with van der Waals surface area (Å²) in [7, 11) is -2.58. The Labute approximate surface area is 183 Å². The maximum Gasteiger partial charge on any atom is 0.240 e. The molecule has 0 bridgehead atoms. The molecular weight excluding hydrogens is 441 g/mol. The van der Waals surface area contributed by atoms with Crippen LogP contribution in [0.15, 0.2) is 77.7 Å². The predicted molar refractivity (Wildman–Crippen MR) is 117 cm³/mol. The number of primary sulfonamides is 1. The number of benzene rings is 3. The molecule has 1 aromatic heterocycles. The van der Waals surface area contributed by atoms with Crippen molar-refractivity contribution in [3.8, 4) is 34.0 Å². The van der Waals surface area contributed by atoms with Gasteiger partial charge in [0.1, 0.15) is 16.5 Å². The molecule has 4 aromatic rings. The third-order valence-electron chi connectivity index (χ3n) is 4.70. The third kappa shape index (κ3) is 4.18. The first kappa shape index (κ1) is 21.0. The lowest BCUT2D eigenvalue weighted by Gasteiger charge is -2.11. The summed E-state index contributed by atoms with van der Waals surface area (Å²) in [5.41, 5.74) is 2.05. The summed E-state index contributed by atoms with van der Waals surface area (Å²) < 4.78 is 45.6. The van der Waals surface area contributed by atoms with Crippen LogP contribution in [0.3, 0.4) is 0 Å². The minimum absolute atomic E-state index is 0.102. The Morgan fingerprint density at radius 2 is 1.74 bits per heavy atom. The first-order chi connectivity index (χ1) is 14.8. The largest absolute Gasteiger partial charge is 0.497 e.